The molecule has 0 fully saturated rings. The molecule has 0 amide bonds. The van der Waals surface area contributed by atoms with E-state index in [0.717, 1.165) is 38.9 Å². The van der Waals surface area contributed by atoms with E-state index in [2.05, 4.69) is 174 Å². The average Bonchev–Trinajstić information content (AvgIpc) is 3.59. The minimum absolute atomic E-state index is 0.632. The van der Waals surface area contributed by atoms with E-state index in [9.17, 15) is 0 Å². The first-order valence-electron chi connectivity index (χ1n) is 18.0. The van der Waals surface area contributed by atoms with Crippen LogP contribution < -0.4 is 0 Å². The molecule has 0 unspecified atom stereocenters. The van der Waals surface area contributed by atoms with Gasteiger partial charge in [0.15, 0.2) is 17.5 Å². The Kier molecular flexibility index (Phi) is 6.52. The molecule has 4 nitrogen and oxygen atoms in total. The summed E-state index contributed by atoms with van der Waals surface area (Å²) >= 11 is 0. The SMILES string of the molecule is c1ccc(-c2ccc(-c3nc(-c4ccccc4-c4ccccc4)nc(-c4cccc5c6cccc7c8cccc9cccc(c98)n(c45)c76)n3)cc2)cc1. The maximum atomic E-state index is 5.34. The second-order valence-corrected chi connectivity index (χ2v) is 13.6. The van der Waals surface area contributed by atoms with Gasteiger partial charge in [-0.15, -0.1) is 0 Å². The van der Waals surface area contributed by atoms with E-state index in [1.54, 1.807) is 0 Å². The molecule has 0 saturated carbocycles. The highest BCUT2D eigenvalue weighted by atomic mass is 15.0. The molecule has 0 saturated heterocycles. The van der Waals surface area contributed by atoms with E-state index in [-0.39, 0.29) is 0 Å². The quantitative estimate of drug-likeness (QED) is 0.135. The van der Waals surface area contributed by atoms with Crippen LogP contribution >= 0.6 is 0 Å². The summed E-state index contributed by atoms with van der Waals surface area (Å²) in [5.74, 6) is 1.90. The number of hydrogen-bond acceptors (Lipinski definition) is 3. The van der Waals surface area contributed by atoms with Crippen LogP contribution in [0.2, 0.25) is 0 Å². The lowest BCUT2D eigenvalue weighted by atomic mass is 9.99. The van der Waals surface area contributed by atoms with Crippen molar-refractivity contribution in [3.8, 4) is 56.4 Å². The number of hydrogen-bond donors (Lipinski definition) is 0. The second kappa shape index (κ2) is 11.7. The van der Waals surface area contributed by atoms with Gasteiger partial charge in [-0.1, -0.05) is 170 Å². The Labute approximate surface area is 305 Å². The minimum atomic E-state index is 0.632. The van der Waals surface area contributed by atoms with Crippen LogP contribution in [0.15, 0.2) is 182 Å². The largest absolute Gasteiger partial charge is 0.307 e. The minimum Gasteiger partial charge on any atom is -0.307 e. The normalized spacial score (nSPS) is 11.8. The average molecular weight is 675 g/mol. The summed E-state index contributed by atoms with van der Waals surface area (Å²) < 4.78 is 2.44. The number of para-hydroxylation sites is 2. The van der Waals surface area contributed by atoms with E-state index in [1.807, 2.05) is 12.1 Å². The third-order valence-electron chi connectivity index (χ3n) is 10.6. The van der Waals surface area contributed by atoms with E-state index in [1.165, 1.54) is 48.9 Å². The van der Waals surface area contributed by atoms with Crippen molar-refractivity contribution < 1.29 is 0 Å². The van der Waals surface area contributed by atoms with Crippen LogP contribution in [-0.4, -0.2) is 19.4 Å². The molecule has 53 heavy (non-hydrogen) atoms. The Hall–Kier alpha value is -7.17. The van der Waals surface area contributed by atoms with Gasteiger partial charge in [0.2, 0.25) is 0 Å². The predicted octanol–water partition coefficient (Wildman–Crippen LogP) is 12.5. The lowest BCUT2D eigenvalue weighted by Gasteiger charge is -2.14. The molecule has 0 aliphatic heterocycles. The van der Waals surface area contributed by atoms with Crippen molar-refractivity contribution in [2.45, 2.75) is 0 Å². The van der Waals surface area contributed by atoms with Gasteiger partial charge >= 0.3 is 0 Å². The van der Waals surface area contributed by atoms with Crippen LogP contribution in [0, 0.1) is 0 Å². The Morgan fingerprint density at radius 1 is 0.302 bits per heavy atom. The van der Waals surface area contributed by atoms with Crippen LogP contribution in [0.1, 0.15) is 0 Å². The predicted molar refractivity (Wildman–Crippen MR) is 219 cm³/mol. The maximum Gasteiger partial charge on any atom is 0.166 e. The number of pyridine rings is 1. The van der Waals surface area contributed by atoms with Crippen molar-refractivity contribution in [1.29, 1.82) is 0 Å². The highest BCUT2D eigenvalue weighted by molar-refractivity contribution is 6.27. The summed E-state index contributed by atoms with van der Waals surface area (Å²) in [5, 5.41) is 7.37. The van der Waals surface area contributed by atoms with Crippen LogP contribution in [0.5, 0.6) is 0 Å². The van der Waals surface area contributed by atoms with Gasteiger partial charge in [-0.3, -0.25) is 0 Å². The Morgan fingerprint density at radius 2 is 0.792 bits per heavy atom. The summed E-state index contributed by atoms with van der Waals surface area (Å²) in [6, 6.07) is 64.3. The van der Waals surface area contributed by atoms with Crippen molar-refractivity contribution >= 4 is 48.9 Å². The number of benzene rings is 8. The fraction of sp³-hybridized carbons (Fsp3) is 0. The molecule has 11 aromatic rings. The van der Waals surface area contributed by atoms with Crippen LogP contribution in [0.25, 0.3) is 105 Å². The lowest BCUT2D eigenvalue weighted by Crippen LogP contribution is -2.02. The van der Waals surface area contributed by atoms with Gasteiger partial charge in [-0.2, -0.15) is 0 Å². The lowest BCUT2D eigenvalue weighted by molar-refractivity contribution is 1.07. The van der Waals surface area contributed by atoms with Crippen molar-refractivity contribution in [2.24, 2.45) is 0 Å². The van der Waals surface area contributed by atoms with Crippen molar-refractivity contribution in [2.75, 3.05) is 0 Å². The highest BCUT2D eigenvalue weighted by Crippen LogP contribution is 2.43. The molecule has 246 valence electrons. The molecule has 4 heteroatoms. The highest BCUT2D eigenvalue weighted by Gasteiger charge is 2.22. The fourth-order valence-electron chi connectivity index (χ4n) is 8.22. The second-order valence-electron chi connectivity index (χ2n) is 13.6. The first kappa shape index (κ1) is 29.5. The van der Waals surface area contributed by atoms with Crippen LogP contribution in [-0.2, 0) is 0 Å². The molecule has 0 bridgehead atoms. The molecular formula is C49H30N4. The van der Waals surface area contributed by atoms with Gasteiger partial charge < -0.3 is 4.40 Å². The third-order valence-corrected chi connectivity index (χ3v) is 10.6. The van der Waals surface area contributed by atoms with Gasteiger partial charge in [-0.05, 0) is 45.2 Å². The number of rotatable bonds is 5. The Bertz CT molecular complexity index is 3140. The van der Waals surface area contributed by atoms with Gasteiger partial charge in [0.05, 0.1) is 16.6 Å². The summed E-state index contributed by atoms with van der Waals surface area (Å²) in [4.78, 5) is 15.9. The summed E-state index contributed by atoms with van der Waals surface area (Å²) in [5.41, 5.74) is 10.8. The molecule has 3 aromatic heterocycles. The molecule has 0 aliphatic rings. The van der Waals surface area contributed by atoms with Gasteiger partial charge in [0.25, 0.3) is 0 Å². The smallest absolute Gasteiger partial charge is 0.166 e. The molecule has 0 spiro atoms. The van der Waals surface area contributed by atoms with Gasteiger partial charge in [0, 0.05) is 38.2 Å². The summed E-state index contributed by atoms with van der Waals surface area (Å²) in [7, 11) is 0. The number of fused-ring (bicyclic) bond motifs is 5. The first-order valence-corrected chi connectivity index (χ1v) is 18.0. The molecule has 0 atom stereocenters. The molecule has 8 aromatic carbocycles. The van der Waals surface area contributed by atoms with E-state index < -0.39 is 0 Å². The van der Waals surface area contributed by atoms with Crippen LogP contribution in [0.3, 0.4) is 0 Å². The van der Waals surface area contributed by atoms with Gasteiger partial charge in [-0.25, -0.2) is 15.0 Å². The standard InChI is InChI=1S/C49H30N4/c1-3-13-31(14-4-1)32-27-29-35(30-28-32)47-50-48(41-20-8-7-19-36(41)33-15-5-2-6-16-33)52-49(51-47)42-25-12-24-40-39-23-11-22-38-37-21-9-17-34-18-10-26-43(44(34)37)53(45(38)39)46(40)42/h1-30H. The van der Waals surface area contributed by atoms with Crippen molar-refractivity contribution in [1.82, 2.24) is 19.4 Å². The first-order chi connectivity index (χ1) is 26.3. The van der Waals surface area contributed by atoms with Gasteiger partial charge in [0.1, 0.15) is 0 Å². The monoisotopic (exact) mass is 674 g/mol. The molecule has 11 rings (SSSR count). The summed E-state index contributed by atoms with van der Waals surface area (Å²) in [6.45, 7) is 0. The molecule has 0 N–H and O–H groups in total. The number of nitrogens with zero attached hydrogens (tertiary/aromatic N) is 4. The zero-order chi connectivity index (χ0) is 34.9. The van der Waals surface area contributed by atoms with E-state index >= 15 is 0 Å². The Balaban J connectivity index is 1.21. The molecule has 3 heterocycles. The maximum absolute atomic E-state index is 5.34. The summed E-state index contributed by atoms with van der Waals surface area (Å²) in [6.07, 6.45) is 0. The van der Waals surface area contributed by atoms with Crippen molar-refractivity contribution in [3.05, 3.63) is 182 Å². The van der Waals surface area contributed by atoms with E-state index in [4.69, 9.17) is 15.0 Å². The van der Waals surface area contributed by atoms with Crippen LogP contribution in [0.4, 0.5) is 0 Å². The zero-order valence-corrected chi connectivity index (χ0v) is 28.6. The van der Waals surface area contributed by atoms with Crippen molar-refractivity contribution in [3.63, 3.8) is 0 Å². The molecule has 0 radical (unpaired) electrons. The van der Waals surface area contributed by atoms with E-state index in [0.29, 0.717) is 17.5 Å². The number of aromatic nitrogens is 4. The third kappa shape index (κ3) is 4.59. The molecular weight excluding hydrogens is 645 g/mol. The molecule has 0 aliphatic carbocycles. The Morgan fingerprint density at radius 3 is 1.55 bits per heavy atom. The zero-order valence-electron chi connectivity index (χ0n) is 28.6. The fourth-order valence-corrected chi connectivity index (χ4v) is 8.22. The topological polar surface area (TPSA) is 43.1 Å².